The highest BCUT2D eigenvalue weighted by Gasteiger charge is 2.12. The van der Waals surface area contributed by atoms with E-state index in [2.05, 4.69) is 53.2 Å². The first-order valence-corrected chi connectivity index (χ1v) is 9.94. The zero-order valence-corrected chi connectivity index (χ0v) is 16.5. The van der Waals surface area contributed by atoms with E-state index in [0.29, 0.717) is 22.7 Å². The molecule has 6 nitrogen and oxygen atoms in total. The molecule has 0 aliphatic carbocycles. The second-order valence-corrected chi connectivity index (χ2v) is 8.67. The molecular weight excluding hydrogens is 342 g/mol. The molecule has 0 unspecified atom stereocenters. The Morgan fingerprint density at radius 1 is 1.21 bits per heavy atom. The van der Waals surface area contributed by atoms with Crippen LogP contribution in [0.15, 0.2) is 5.16 Å². The lowest BCUT2D eigenvalue weighted by Crippen LogP contribution is -2.13. The summed E-state index contributed by atoms with van der Waals surface area (Å²) < 4.78 is 0. The van der Waals surface area contributed by atoms with E-state index in [1.165, 1.54) is 23.1 Å². The minimum Gasteiger partial charge on any atom is -0.337 e. The van der Waals surface area contributed by atoms with Crippen LogP contribution in [0.5, 0.6) is 0 Å². The van der Waals surface area contributed by atoms with Gasteiger partial charge in [0.15, 0.2) is 5.16 Å². The van der Waals surface area contributed by atoms with Gasteiger partial charge in [-0.2, -0.15) is 0 Å². The van der Waals surface area contributed by atoms with Gasteiger partial charge in [0.25, 0.3) is 0 Å². The van der Waals surface area contributed by atoms with Crippen molar-refractivity contribution >= 4 is 34.1 Å². The number of thioether (sulfide) groups is 1. The van der Waals surface area contributed by atoms with E-state index in [-0.39, 0.29) is 5.91 Å². The SMILES string of the molecule is Cc1[nH]c(SCC(=O)Nc2nnc(CC(C)C)s2)nc1CC(C)C. The van der Waals surface area contributed by atoms with Crippen LogP contribution in [-0.4, -0.2) is 31.8 Å². The molecule has 0 aromatic carbocycles. The van der Waals surface area contributed by atoms with Crippen LogP contribution in [0.4, 0.5) is 5.13 Å². The summed E-state index contributed by atoms with van der Waals surface area (Å²) in [7, 11) is 0. The minimum atomic E-state index is -0.0910. The van der Waals surface area contributed by atoms with Gasteiger partial charge < -0.3 is 4.98 Å². The highest BCUT2D eigenvalue weighted by atomic mass is 32.2. The molecule has 2 aromatic heterocycles. The maximum absolute atomic E-state index is 12.1. The standard InChI is InChI=1S/C16H25N5OS2/c1-9(2)6-12-11(5)17-15(18-12)23-8-13(22)19-16-21-20-14(24-16)7-10(3)4/h9-10H,6-8H2,1-5H3,(H,17,18)(H,19,21,22). The number of amides is 1. The first kappa shape index (κ1) is 18.9. The highest BCUT2D eigenvalue weighted by molar-refractivity contribution is 7.99. The molecule has 8 heteroatoms. The number of anilines is 1. The van der Waals surface area contributed by atoms with Gasteiger partial charge in [-0.1, -0.05) is 50.8 Å². The van der Waals surface area contributed by atoms with Gasteiger partial charge in [0.05, 0.1) is 11.4 Å². The molecule has 0 radical (unpaired) electrons. The fraction of sp³-hybridized carbons (Fsp3) is 0.625. The molecule has 2 rings (SSSR count). The molecule has 0 saturated heterocycles. The van der Waals surface area contributed by atoms with Crippen molar-refractivity contribution < 1.29 is 4.79 Å². The Bertz CT molecular complexity index is 678. The maximum atomic E-state index is 12.1. The molecule has 2 aromatic rings. The van der Waals surface area contributed by atoms with Gasteiger partial charge in [0, 0.05) is 12.1 Å². The van der Waals surface area contributed by atoms with Crippen molar-refractivity contribution in [1.29, 1.82) is 0 Å². The predicted octanol–water partition coefficient (Wildman–Crippen LogP) is 3.70. The summed E-state index contributed by atoms with van der Waals surface area (Å²) in [5.74, 6) is 1.30. The van der Waals surface area contributed by atoms with Gasteiger partial charge >= 0.3 is 0 Å². The van der Waals surface area contributed by atoms with E-state index in [1.807, 2.05) is 6.92 Å². The van der Waals surface area contributed by atoms with Crippen molar-refractivity contribution in [2.75, 3.05) is 11.1 Å². The first-order chi connectivity index (χ1) is 11.3. The molecule has 0 fully saturated rings. The number of H-pyrrole nitrogens is 1. The largest absolute Gasteiger partial charge is 0.337 e. The average Bonchev–Trinajstić information content (AvgIpc) is 3.03. The van der Waals surface area contributed by atoms with Crippen molar-refractivity contribution in [1.82, 2.24) is 20.2 Å². The Hall–Kier alpha value is -1.41. The van der Waals surface area contributed by atoms with E-state index in [9.17, 15) is 4.79 Å². The molecule has 132 valence electrons. The van der Waals surface area contributed by atoms with Crippen LogP contribution in [0.3, 0.4) is 0 Å². The lowest BCUT2D eigenvalue weighted by molar-refractivity contribution is -0.113. The van der Waals surface area contributed by atoms with Gasteiger partial charge in [-0.25, -0.2) is 4.98 Å². The lowest BCUT2D eigenvalue weighted by Gasteiger charge is -2.01. The molecule has 0 bridgehead atoms. The van der Waals surface area contributed by atoms with Crippen molar-refractivity contribution in [3.63, 3.8) is 0 Å². The van der Waals surface area contributed by atoms with Crippen molar-refractivity contribution in [3.8, 4) is 0 Å². The van der Waals surface area contributed by atoms with Crippen LogP contribution >= 0.6 is 23.1 Å². The van der Waals surface area contributed by atoms with E-state index in [1.54, 1.807) is 0 Å². The Balaban J connectivity index is 1.84. The van der Waals surface area contributed by atoms with Crippen LogP contribution in [0.1, 0.15) is 44.1 Å². The zero-order valence-electron chi connectivity index (χ0n) is 14.8. The van der Waals surface area contributed by atoms with Gasteiger partial charge in [-0.05, 0) is 25.2 Å². The van der Waals surface area contributed by atoms with Gasteiger partial charge in [0.1, 0.15) is 5.01 Å². The number of carbonyl (C=O) groups excluding carboxylic acids is 1. The summed E-state index contributed by atoms with van der Waals surface area (Å²) in [5.41, 5.74) is 2.16. The third-order valence-electron chi connectivity index (χ3n) is 3.20. The second kappa shape index (κ2) is 8.62. The van der Waals surface area contributed by atoms with E-state index < -0.39 is 0 Å². The fourth-order valence-electron chi connectivity index (χ4n) is 2.15. The molecule has 0 atom stereocenters. The molecule has 0 aliphatic rings. The Morgan fingerprint density at radius 3 is 2.58 bits per heavy atom. The van der Waals surface area contributed by atoms with Gasteiger partial charge in [-0.15, -0.1) is 10.2 Å². The molecule has 0 aliphatic heterocycles. The Labute approximate surface area is 151 Å². The first-order valence-electron chi connectivity index (χ1n) is 8.14. The summed E-state index contributed by atoms with van der Waals surface area (Å²) in [6, 6.07) is 0. The maximum Gasteiger partial charge on any atom is 0.236 e. The monoisotopic (exact) mass is 367 g/mol. The molecule has 2 N–H and O–H groups in total. The summed E-state index contributed by atoms with van der Waals surface area (Å²) in [6.07, 6.45) is 1.82. The van der Waals surface area contributed by atoms with Crippen molar-refractivity contribution in [2.24, 2.45) is 11.8 Å². The number of nitrogens with zero attached hydrogens (tertiary/aromatic N) is 3. The second-order valence-electron chi connectivity index (χ2n) is 6.65. The quantitative estimate of drug-likeness (QED) is 0.695. The Morgan fingerprint density at radius 2 is 1.92 bits per heavy atom. The van der Waals surface area contributed by atoms with Gasteiger partial charge in [0.2, 0.25) is 11.0 Å². The van der Waals surface area contributed by atoms with Crippen LogP contribution in [0, 0.1) is 18.8 Å². The molecule has 0 saturated carbocycles. The van der Waals surface area contributed by atoms with Crippen LogP contribution < -0.4 is 5.32 Å². The van der Waals surface area contributed by atoms with Crippen molar-refractivity contribution in [2.45, 2.75) is 52.6 Å². The molecule has 24 heavy (non-hydrogen) atoms. The number of nitrogens with one attached hydrogen (secondary N) is 2. The number of aromatic nitrogens is 4. The van der Waals surface area contributed by atoms with Crippen LogP contribution in [-0.2, 0) is 17.6 Å². The number of aromatic amines is 1. The number of hydrogen-bond acceptors (Lipinski definition) is 6. The third kappa shape index (κ3) is 5.90. The predicted molar refractivity (Wildman–Crippen MR) is 99.7 cm³/mol. The normalized spacial score (nSPS) is 11.5. The number of aryl methyl sites for hydroxylation is 1. The van der Waals surface area contributed by atoms with Crippen LogP contribution in [0.25, 0.3) is 0 Å². The third-order valence-corrected chi connectivity index (χ3v) is 4.94. The zero-order chi connectivity index (χ0) is 17.7. The number of carbonyl (C=O) groups is 1. The average molecular weight is 368 g/mol. The smallest absolute Gasteiger partial charge is 0.236 e. The molecule has 1 amide bonds. The summed E-state index contributed by atoms with van der Waals surface area (Å²) >= 11 is 2.84. The van der Waals surface area contributed by atoms with Crippen molar-refractivity contribution in [3.05, 3.63) is 16.4 Å². The molecular formula is C16H25N5OS2. The molecule has 2 heterocycles. The lowest BCUT2D eigenvalue weighted by atomic mass is 10.1. The number of hydrogen-bond donors (Lipinski definition) is 2. The summed E-state index contributed by atoms with van der Waals surface area (Å²) in [5, 5.41) is 13.2. The minimum absolute atomic E-state index is 0.0910. The highest BCUT2D eigenvalue weighted by Crippen LogP contribution is 2.21. The number of rotatable bonds is 8. The number of imidazole rings is 1. The van der Waals surface area contributed by atoms with Crippen LogP contribution in [0.2, 0.25) is 0 Å². The molecule has 0 spiro atoms. The van der Waals surface area contributed by atoms with Gasteiger partial charge in [-0.3, -0.25) is 10.1 Å². The fourth-order valence-corrected chi connectivity index (χ4v) is 3.85. The summed E-state index contributed by atoms with van der Waals surface area (Å²) in [6.45, 7) is 10.6. The topological polar surface area (TPSA) is 83.6 Å². The summed E-state index contributed by atoms with van der Waals surface area (Å²) in [4.78, 5) is 19.9. The van der Waals surface area contributed by atoms with E-state index in [4.69, 9.17) is 0 Å². The Kier molecular flexibility index (Phi) is 6.79. The van der Waals surface area contributed by atoms with E-state index >= 15 is 0 Å². The van der Waals surface area contributed by atoms with E-state index in [0.717, 1.165) is 34.4 Å².